The minimum atomic E-state index is -1.14. The Morgan fingerprint density at radius 1 is 1.35 bits per heavy atom. The van der Waals surface area contributed by atoms with Crippen molar-refractivity contribution >= 4 is 23.9 Å². The van der Waals surface area contributed by atoms with Gasteiger partial charge in [0.05, 0.1) is 18.7 Å². The Kier molecular flexibility index (Phi) is 5.05. The Bertz CT molecular complexity index is 754. The molecule has 0 aliphatic rings. The van der Waals surface area contributed by atoms with Crippen LogP contribution in [0.25, 0.3) is 0 Å². The number of benzene rings is 1. The molecule has 1 aromatic carbocycles. The van der Waals surface area contributed by atoms with Gasteiger partial charge in [0.15, 0.2) is 12.0 Å². The molecule has 0 radical (unpaired) electrons. The van der Waals surface area contributed by atoms with Crippen molar-refractivity contribution < 1.29 is 27.5 Å². The first kappa shape index (κ1) is 17.0. The van der Waals surface area contributed by atoms with Crippen LogP contribution in [-0.2, 0) is 11.3 Å². The fraction of sp³-hybridized carbons (Fsp3) is 0.214. The van der Waals surface area contributed by atoms with Crippen LogP contribution in [0.3, 0.4) is 0 Å². The number of aromatic nitrogens is 2. The molecule has 0 bridgehead atoms. The lowest BCUT2D eigenvalue weighted by molar-refractivity contribution is 0.0516. The first-order valence-corrected chi connectivity index (χ1v) is 6.78. The number of carbonyl (C=O) groups excluding carboxylic acids is 2. The Morgan fingerprint density at radius 3 is 2.48 bits per heavy atom. The van der Waals surface area contributed by atoms with Crippen LogP contribution in [0.2, 0.25) is 5.15 Å². The fourth-order valence-corrected chi connectivity index (χ4v) is 2.12. The molecule has 0 fully saturated rings. The van der Waals surface area contributed by atoms with E-state index in [9.17, 15) is 22.8 Å². The van der Waals surface area contributed by atoms with E-state index in [-0.39, 0.29) is 29.3 Å². The number of nitrogens with zero attached hydrogens (tertiary/aromatic N) is 2. The maximum Gasteiger partial charge on any atom is 0.359 e. The molecule has 0 N–H and O–H groups in total. The zero-order valence-electron chi connectivity index (χ0n) is 11.8. The monoisotopic (exact) mass is 346 g/mol. The van der Waals surface area contributed by atoms with Gasteiger partial charge in [-0.2, -0.15) is 5.10 Å². The van der Waals surface area contributed by atoms with E-state index in [1.165, 1.54) is 0 Å². The number of hydrogen-bond donors (Lipinski definition) is 0. The van der Waals surface area contributed by atoms with Gasteiger partial charge in [0.25, 0.3) is 0 Å². The smallest absolute Gasteiger partial charge is 0.359 e. The van der Waals surface area contributed by atoms with Crippen molar-refractivity contribution in [3.05, 3.63) is 51.6 Å². The van der Waals surface area contributed by atoms with Gasteiger partial charge in [0.2, 0.25) is 0 Å². The second kappa shape index (κ2) is 6.82. The van der Waals surface area contributed by atoms with Crippen molar-refractivity contribution in [1.29, 1.82) is 0 Å². The van der Waals surface area contributed by atoms with E-state index in [1.807, 2.05) is 0 Å². The van der Waals surface area contributed by atoms with Crippen LogP contribution in [0, 0.1) is 17.5 Å². The average Bonchev–Trinajstić information content (AvgIpc) is 2.79. The zero-order chi connectivity index (χ0) is 17.1. The van der Waals surface area contributed by atoms with Gasteiger partial charge in [-0.15, -0.1) is 0 Å². The molecule has 0 aliphatic carbocycles. The lowest BCUT2D eigenvalue weighted by Crippen LogP contribution is -2.10. The van der Waals surface area contributed by atoms with Gasteiger partial charge in [-0.25, -0.2) is 22.6 Å². The lowest BCUT2D eigenvalue weighted by Gasteiger charge is -2.06. The molecule has 0 atom stereocenters. The van der Waals surface area contributed by atoms with Crippen LogP contribution in [0.1, 0.15) is 33.3 Å². The largest absolute Gasteiger partial charge is 0.461 e. The van der Waals surface area contributed by atoms with Gasteiger partial charge in [-0.1, -0.05) is 11.6 Å². The molecular formula is C14H10ClF3N2O3. The van der Waals surface area contributed by atoms with Gasteiger partial charge >= 0.3 is 5.97 Å². The summed E-state index contributed by atoms with van der Waals surface area (Å²) < 4.78 is 45.8. The first-order chi connectivity index (χ1) is 10.9. The van der Waals surface area contributed by atoms with Crippen molar-refractivity contribution in [3.63, 3.8) is 0 Å². The van der Waals surface area contributed by atoms with Gasteiger partial charge < -0.3 is 4.74 Å². The molecule has 0 aliphatic heterocycles. The standard InChI is InChI=1S/C14H10ClF3N2O3/c1-2-23-14(22)12-9(6-21)13(15)20(19-12)5-8-10(17)3-7(16)4-11(8)18/h3-4,6H,2,5H2,1H3. The quantitative estimate of drug-likeness (QED) is 0.617. The minimum absolute atomic E-state index is 0.0445. The molecule has 2 rings (SSSR count). The summed E-state index contributed by atoms with van der Waals surface area (Å²) in [4.78, 5) is 22.8. The second-order valence-electron chi connectivity index (χ2n) is 4.40. The predicted molar refractivity (Wildman–Crippen MR) is 74.0 cm³/mol. The maximum atomic E-state index is 13.7. The maximum absolute atomic E-state index is 13.7. The molecule has 0 spiro atoms. The molecule has 9 heteroatoms. The van der Waals surface area contributed by atoms with Crippen LogP contribution < -0.4 is 0 Å². The summed E-state index contributed by atoms with van der Waals surface area (Å²) >= 11 is 5.90. The van der Waals surface area contributed by atoms with E-state index in [0.29, 0.717) is 12.1 Å². The third-order valence-electron chi connectivity index (χ3n) is 2.93. The van der Waals surface area contributed by atoms with E-state index in [2.05, 4.69) is 5.10 Å². The van der Waals surface area contributed by atoms with Gasteiger partial charge in [-0.3, -0.25) is 4.79 Å². The van der Waals surface area contributed by atoms with Crippen molar-refractivity contribution in [2.75, 3.05) is 6.61 Å². The summed E-state index contributed by atoms with van der Waals surface area (Å²) in [7, 11) is 0. The Hall–Kier alpha value is -2.35. The lowest BCUT2D eigenvalue weighted by atomic mass is 10.2. The normalized spacial score (nSPS) is 10.7. The fourth-order valence-electron chi connectivity index (χ4n) is 1.89. The molecule has 5 nitrogen and oxygen atoms in total. The number of carbonyl (C=O) groups is 2. The number of hydrogen-bond acceptors (Lipinski definition) is 4. The van der Waals surface area contributed by atoms with Gasteiger partial charge in [0.1, 0.15) is 22.6 Å². The number of esters is 1. The van der Waals surface area contributed by atoms with E-state index in [0.717, 1.165) is 4.68 Å². The number of ether oxygens (including phenoxy) is 1. The van der Waals surface area contributed by atoms with Crippen molar-refractivity contribution in [3.8, 4) is 0 Å². The van der Waals surface area contributed by atoms with Crippen LogP contribution in [-0.4, -0.2) is 28.6 Å². The highest BCUT2D eigenvalue weighted by Crippen LogP contribution is 2.23. The average molecular weight is 347 g/mol. The van der Waals surface area contributed by atoms with E-state index < -0.39 is 35.5 Å². The Labute approximate surface area is 133 Å². The SMILES string of the molecule is CCOC(=O)c1nn(Cc2c(F)cc(F)cc2F)c(Cl)c1C=O. The van der Waals surface area contributed by atoms with Crippen LogP contribution in [0.4, 0.5) is 13.2 Å². The predicted octanol–water partition coefficient (Wildman–Crippen LogP) is 2.99. The minimum Gasteiger partial charge on any atom is -0.461 e. The zero-order valence-corrected chi connectivity index (χ0v) is 12.5. The van der Waals surface area contributed by atoms with Crippen molar-refractivity contribution in [2.45, 2.75) is 13.5 Å². The highest BCUT2D eigenvalue weighted by molar-refractivity contribution is 6.32. The van der Waals surface area contributed by atoms with Gasteiger partial charge in [0, 0.05) is 17.7 Å². The first-order valence-electron chi connectivity index (χ1n) is 6.41. The summed E-state index contributed by atoms with van der Waals surface area (Å²) in [6, 6.07) is 1.01. The molecule has 2 aromatic rings. The van der Waals surface area contributed by atoms with E-state index in [4.69, 9.17) is 16.3 Å². The van der Waals surface area contributed by atoms with Gasteiger partial charge in [-0.05, 0) is 6.92 Å². The summed E-state index contributed by atoms with van der Waals surface area (Å²) in [5.41, 5.74) is -1.13. The summed E-state index contributed by atoms with van der Waals surface area (Å²) in [5, 5.41) is 3.46. The van der Waals surface area contributed by atoms with Crippen molar-refractivity contribution in [2.24, 2.45) is 0 Å². The number of aldehydes is 1. The third-order valence-corrected chi connectivity index (χ3v) is 3.32. The Morgan fingerprint density at radius 2 is 1.96 bits per heavy atom. The third kappa shape index (κ3) is 3.37. The Balaban J connectivity index is 2.46. The molecule has 0 unspecified atom stereocenters. The molecule has 23 heavy (non-hydrogen) atoms. The summed E-state index contributed by atoms with van der Waals surface area (Å²) in [5.74, 6) is -4.25. The summed E-state index contributed by atoms with van der Waals surface area (Å²) in [6.07, 6.45) is 0.287. The van der Waals surface area contributed by atoms with E-state index in [1.54, 1.807) is 6.92 Å². The van der Waals surface area contributed by atoms with Crippen LogP contribution >= 0.6 is 11.6 Å². The molecule has 1 aromatic heterocycles. The molecule has 0 saturated carbocycles. The number of halogens is 4. The molecule has 1 heterocycles. The topological polar surface area (TPSA) is 61.2 Å². The highest BCUT2D eigenvalue weighted by atomic mass is 35.5. The second-order valence-corrected chi connectivity index (χ2v) is 4.76. The number of rotatable bonds is 5. The molecular weight excluding hydrogens is 337 g/mol. The van der Waals surface area contributed by atoms with E-state index >= 15 is 0 Å². The summed E-state index contributed by atoms with van der Waals surface area (Å²) in [6.45, 7) is 1.07. The molecule has 122 valence electrons. The highest BCUT2D eigenvalue weighted by Gasteiger charge is 2.24. The van der Waals surface area contributed by atoms with Crippen molar-refractivity contribution in [1.82, 2.24) is 9.78 Å². The van der Waals surface area contributed by atoms with Crippen LogP contribution in [0.5, 0.6) is 0 Å². The molecule has 0 amide bonds. The molecule has 0 saturated heterocycles. The van der Waals surface area contributed by atoms with Crippen LogP contribution in [0.15, 0.2) is 12.1 Å².